The molecule has 0 saturated heterocycles. The van der Waals surface area contributed by atoms with Gasteiger partial charge in [0.2, 0.25) is 5.88 Å². The Morgan fingerprint density at radius 2 is 1.82 bits per heavy atom. The fraction of sp³-hybridized carbons (Fsp3) is 0. The van der Waals surface area contributed by atoms with Crippen LogP contribution in [-0.2, 0) is 0 Å². The molecule has 0 saturated carbocycles. The molecule has 2 heterocycles. The van der Waals surface area contributed by atoms with Gasteiger partial charge in [0.25, 0.3) is 0 Å². The molecule has 0 fully saturated rings. The molecule has 22 heavy (non-hydrogen) atoms. The van der Waals surface area contributed by atoms with Crippen LogP contribution in [0.25, 0.3) is 0 Å². The quantitative estimate of drug-likeness (QED) is 0.764. The third-order valence-corrected chi connectivity index (χ3v) is 3.00. The maximum Gasteiger partial charge on any atom is 0.248 e. The number of anilines is 3. The molecular weight excluding hydrogens is 302 g/mol. The normalized spacial score (nSPS) is 10.2. The lowest BCUT2D eigenvalue weighted by molar-refractivity contribution is 0.464. The van der Waals surface area contributed by atoms with Gasteiger partial charge in [-0.25, -0.2) is 9.97 Å². The zero-order valence-corrected chi connectivity index (χ0v) is 12.2. The molecule has 0 spiro atoms. The van der Waals surface area contributed by atoms with Crippen molar-refractivity contribution in [2.24, 2.45) is 0 Å². The monoisotopic (exact) mass is 313 g/mol. The lowest BCUT2D eigenvalue weighted by Gasteiger charge is -2.11. The molecule has 0 radical (unpaired) electrons. The van der Waals surface area contributed by atoms with Crippen molar-refractivity contribution in [2.75, 3.05) is 11.1 Å². The maximum atomic E-state index is 6.04. The van der Waals surface area contributed by atoms with E-state index in [1.54, 1.807) is 12.1 Å². The number of hydrogen-bond acceptors (Lipinski definition) is 6. The molecule has 0 aliphatic carbocycles. The molecule has 3 aromatic rings. The van der Waals surface area contributed by atoms with E-state index in [-0.39, 0.29) is 5.88 Å². The van der Waals surface area contributed by atoms with E-state index < -0.39 is 0 Å². The highest BCUT2D eigenvalue weighted by molar-refractivity contribution is 6.30. The van der Waals surface area contributed by atoms with Crippen LogP contribution in [0.4, 0.5) is 17.3 Å². The molecule has 0 unspecified atom stereocenters. The molecule has 1 aromatic carbocycles. The van der Waals surface area contributed by atoms with Gasteiger partial charge in [-0.15, -0.1) is 0 Å². The summed E-state index contributed by atoms with van der Waals surface area (Å²) in [4.78, 5) is 12.3. The summed E-state index contributed by atoms with van der Waals surface area (Å²) in [5.74, 6) is 1.90. The second-order valence-corrected chi connectivity index (χ2v) is 4.78. The van der Waals surface area contributed by atoms with Crippen LogP contribution >= 0.6 is 11.6 Å². The van der Waals surface area contributed by atoms with Gasteiger partial charge in [0, 0.05) is 6.20 Å². The molecule has 0 atom stereocenters. The highest BCUT2D eigenvalue weighted by Gasteiger charge is 2.11. The number of pyridine rings is 1. The minimum atomic E-state index is 0.276. The number of nitrogens with zero attached hydrogens (tertiary/aromatic N) is 3. The van der Waals surface area contributed by atoms with Gasteiger partial charge in [-0.05, 0) is 24.3 Å². The molecule has 2 aromatic heterocycles. The summed E-state index contributed by atoms with van der Waals surface area (Å²) in [6.07, 6.45) is 2.90. The smallest absolute Gasteiger partial charge is 0.248 e. The molecule has 0 amide bonds. The first-order valence-corrected chi connectivity index (χ1v) is 6.82. The number of rotatable bonds is 4. The number of hydrogen-bond donors (Lipinski definition) is 2. The van der Waals surface area contributed by atoms with Crippen LogP contribution in [0.2, 0.25) is 5.02 Å². The van der Waals surface area contributed by atoms with E-state index in [0.717, 1.165) is 0 Å². The Morgan fingerprint density at radius 1 is 1.00 bits per heavy atom. The number of para-hydroxylation sites is 1. The molecular formula is C15H12ClN5O. The largest absolute Gasteiger partial charge is 0.437 e. The molecule has 7 heteroatoms. The van der Waals surface area contributed by atoms with Crippen LogP contribution in [0, 0.1) is 0 Å². The summed E-state index contributed by atoms with van der Waals surface area (Å²) in [7, 11) is 0. The summed E-state index contributed by atoms with van der Waals surface area (Å²) in [5, 5.41) is 3.55. The zero-order valence-electron chi connectivity index (χ0n) is 11.4. The van der Waals surface area contributed by atoms with Gasteiger partial charge in [-0.1, -0.05) is 29.8 Å². The van der Waals surface area contributed by atoms with Crippen LogP contribution in [0.1, 0.15) is 0 Å². The Morgan fingerprint density at radius 3 is 2.55 bits per heavy atom. The molecule has 0 bridgehead atoms. The predicted octanol–water partition coefficient (Wildman–Crippen LogP) is 3.64. The molecule has 0 aliphatic rings. The minimum absolute atomic E-state index is 0.276. The highest BCUT2D eigenvalue weighted by atomic mass is 35.5. The second-order valence-electron chi connectivity index (χ2n) is 4.34. The summed E-state index contributed by atoms with van der Waals surface area (Å²) in [6.45, 7) is 0. The van der Waals surface area contributed by atoms with Crippen LogP contribution in [0.3, 0.4) is 0 Å². The van der Waals surface area contributed by atoms with Gasteiger partial charge in [-0.2, -0.15) is 4.98 Å². The standard InChI is InChI=1S/C15H12ClN5O/c16-10-6-7-12(18-8-10)21-14-13(17)15(20-9-19-14)22-11-4-2-1-3-5-11/h1-9H,17H2,(H,18,19,20,21). The highest BCUT2D eigenvalue weighted by Crippen LogP contribution is 2.30. The van der Waals surface area contributed by atoms with Gasteiger partial charge in [-0.3, -0.25) is 0 Å². The number of nitrogen functional groups attached to an aromatic ring is 1. The van der Waals surface area contributed by atoms with Gasteiger partial charge in [0.15, 0.2) is 5.82 Å². The van der Waals surface area contributed by atoms with Crippen molar-refractivity contribution in [1.82, 2.24) is 15.0 Å². The Hall–Kier alpha value is -2.86. The number of nitrogens with two attached hydrogens (primary N) is 1. The van der Waals surface area contributed by atoms with Crippen LogP contribution in [-0.4, -0.2) is 15.0 Å². The molecule has 110 valence electrons. The second kappa shape index (κ2) is 6.28. The fourth-order valence-electron chi connectivity index (χ4n) is 1.73. The molecule has 6 nitrogen and oxygen atoms in total. The van der Waals surface area contributed by atoms with Crippen LogP contribution in [0.5, 0.6) is 11.6 Å². The fourth-order valence-corrected chi connectivity index (χ4v) is 1.84. The average molecular weight is 314 g/mol. The Labute approximate surface area is 132 Å². The third kappa shape index (κ3) is 3.24. The van der Waals surface area contributed by atoms with E-state index in [1.165, 1.54) is 12.5 Å². The average Bonchev–Trinajstić information content (AvgIpc) is 2.54. The van der Waals surface area contributed by atoms with Crippen molar-refractivity contribution in [2.45, 2.75) is 0 Å². The van der Waals surface area contributed by atoms with E-state index in [1.807, 2.05) is 30.3 Å². The van der Waals surface area contributed by atoms with Gasteiger partial charge >= 0.3 is 0 Å². The van der Waals surface area contributed by atoms with Crippen molar-refractivity contribution in [3.63, 3.8) is 0 Å². The first kappa shape index (κ1) is 14.1. The van der Waals surface area contributed by atoms with E-state index in [4.69, 9.17) is 22.1 Å². The number of benzene rings is 1. The zero-order chi connectivity index (χ0) is 15.4. The summed E-state index contributed by atoms with van der Waals surface area (Å²) in [6, 6.07) is 12.7. The minimum Gasteiger partial charge on any atom is -0.437 e. The SMILES string of the molecule is Nc1c(Nc2ccc(Cl)cn2)ncnc1Oc1ccccc1. The molecule has 3 N–H and O–H groups in total. The first-order chi connectivity index (χ1) is 10.7. The van der Waals surface area contributed by atoms with Crippen LogP contribution in [0.15, 0.2) is 55.0 Å². The van der Waals surface area contributed by atoms with Gasteiger partial charge < -0.3 is 15.8 Å². The van der Waals surface area contributed by atoms with Crippen molar-refractivity contribution < 1.29 is 4.74 Å². The summed E-state index contributed by atoms with van der Waals surface area (Å²) in [5.41, 5.74) is 6.34. The topological polar surface area (TPSA) is 86.0 Å². The van der Waals surface area contributed by atoms with E-state index in [0.29, 0.717) is 28.1 Å². The first-order valence-electron chi connectivity index (χ1n) is 6.44. The number of nitrogens with one attached hydrogen (secondary N) is 1. The number of ether oxygens (including phenoxy) is 1. The number of aromatic nitrogens is 3. The Bertz CT molecular complexity index is 765. The van der Waals surface area contributed by atoms with Gasteiger partial charge in [0.05, 0.1) is 5.02 Å². The van der Waals surface area contributed by atoms with Gasteiger partial charge in [0.1, 0.15) is 23.6 Å². The third-order valence-electron chi connectivity index (χ3n) is 2.78. The molecule has 0 aliphatic heterocycles. The lowest BCUT2D eigenvalue weighted by atomic mass is 10.3. The van der Waals surface area contributed by atoms with Crippen molar-refractivity contribution >= 4 is 28.9 Å². The predicted molar refractivity (Wildman–Crippen MR) is 85.5 cm³/mol. The Balaban J connectivity index is 1.84. The Kier molecular flexibility index (Phi) is 4.02. The summed E-state index contributed by atoms with van der Waals surface area (Å²) < 4.78 is 5.65. The lowest BCUT2D eigenvalue weighted by Crippen LogP contribution is -2.03. The van der Waals surface area contributed by atoms with Crippen molar-refractivity contribution in [3.8, 4) is 11.6 Å². The van der Waals surface area contributed by atoms with E-state index in [9.17, 15) is 0 Å². The van der Waals surface area contributed by atoms with E-state index >= 15 is 0 Å². The van der Waals surface area contributed by atoms with Crippen molar-refractivity contribution in [3.05, 3.63) is 60.0 Å². The maximum absolute atomic E-state index is 6.04. The van der Waals surface area contributed by atoms with E-state index in [2.05, 4.69) is 20.3 Å². The molecule has 3 rings (SSSR count). The van der Waals surface area contributed by atoms with Crippen LogP contribution < -0.4 is 15.8 Å². The summed E-state index contributed by atoms with van der Waals surface area (Å²) >= 11 is 5.80. The van der Waals surface area contributed by atoms with Crippen molar-refractivity contribution in [1.29, 1.82) is 0 Å². The number of halogens is 1.